The quantitative estimate of drug-likeness (QED) is 0.314. The SMILES string of the molecule is COc1cccc(C/C=C\c2ccc(O)c3c2C[C@H]2C[C@H]4CC(=O)C(C(N)=O)=C(O)[C@@]4(O)C(=O)C2=C3O)c1O. The summed E-state index contributed by atoms with van der Waals surface area (Å²) in [6, 6.07) is 8.18. The van der Waals surface area contributed by atoms with Gasteiger partial charge in [0.2, 0.25) is 5.78 Å². The van der Waals surface area contributed by atoms with E-state index in [2.05, 4.69) is 0 Å². The highest BCUT2D eigenvalue weighted by Crippen LogP contribution is 2.52. The van der Waals surface area contributed by atoms with Crippen molar-refractivity contribution >= 4 is 29.3 Å². The van der Waals surface area contributed by atoms with Gasteiger partial charge < -0.3 is 36.0 Å². The number of benzene rings is 2. The van der Waals surface area contributed by atoms with Crippen molar-refractivity contribution in [3.8, 4) is 17.2 Å². The summed E-state index contributed by atoms with van der Waals surface area (Å²) >= 11 is 0. The van der Waals surface area contributed by atoms with E-state index < -0.39 is 52.0 Å². The summed E-state index contributed by atoms with van der Waals surface area (Å²) in [7, 11) is 1.46. The van der Waals surface area contributed by atoms with Crippen LogP contribution in [0.3, 0.4) is 0 Å². The molecule has 0 radical (unpaired) electrons. The fourth-order valence-electron chi connectivity index (χ4n) is 6.01. The molecule has 1 fully saturated rings. The summed E-state index contributed by atoms with van der Waals surface area (Å²) in [5.74, 6) is -6.28. The van der Waals surface area contributed by atoms with Gasteiger partial charge in [0.1, 0.15) is 22.8 Å². The van der Waals surface area contributed by atoms with Crippen LogP contribution in [0.5, 0.6) is 17.2 Å². The molecule has 7 N–H and O–H groups in total. The van der Waals surface area contributed by atoms with E-state index in [-0.39, 0.29) is 41.9 Å². The van der Waals surface area contributed by atoms with E-state index in [0.717, 1.165) is 0 Å². The Morgan fingerprint density at radius 2 is 1.87 bits per heavy atom. The smallest absolute Gasteiger partial charge is 0.255 e. The second-order valence-corrected chi connectivity index (χ2v) is 10.0. The van der Waals surface area contributed by atoms with Crippen molar-refractivity contribution in [3.05, 3.63) is 75.6 Å². The van der Waals surface area contributed by atoms with Crippen molar-refractivity contribution in [2.75, 3.05) is 7.11 Å². The minimum atomic E-state index is -2.60. The molecule has 0 heterocycles. The Morgan fingerprint density at radius 1 is 1.13 bits per heavy atom. The van der Waals surface area contributed by atoms with Gasteiger partial charge in [0.25, 0.3) is 5.91 Å². The van der Waals surface area contributed by atoms with Gasteiger partial charge in [0.15, 0.2) is 22.9 Å². The number of allylic oxidation sites excluding steroid dienone is 1. The zero-order chi connectivity index (χ0) is 28.2. The van der Waals surface area contributed by atoms with E-state index >= 15 is 0 Å². The highest BCUT2D eigenvalue weighted by Gasteiger charge is 2.60. The zero-order valence-electron chi connectivity index (χ0n) is 21.0. The van der Waals surface area contributed by atoms with Gasteiger partial charge in [-0.15, -0.1) is 0 Å². The summed E-state index contributed by atoms with van der Waals surface area (Å²) in [4.78, 5) is 37.8. The van der Waals surface area contributed by atoms with E-state index in [9.17, 15) is 39.9 Å². The monoisotopic (exact) mass is 533 g/mol. The van der Waals surface area contributed by atoms with Gasteiger partial charge in [-0.25, -0.2) is 0 Å². The van der Waals surface area contributed by atoms with Crippen molar-refractivity contribution in [2.45, 2.75) is 31.3 Å². The van der Waals surface area contributed by atoms with Crippen molar-refractivity contribution in [1.29, 1.82) is 0 Å². The first-order valence-electron chi connectivity index (χ1n) is 12.3. The maximum Gasteiger partial charge on any atom is 0.255 e. The van der Waals surface area contributed by atoms with Crippen molar-refractivity contribution in [1.82, 2.24) is 0 Å². The molecule has 0 saturated heterocycles. The molecule has 0 spiro atoms. The van der Waals surface area contributed by atoms with Gasteiger partial charge in [-0.2, -0.15) is 0 Å². The lowest BCUT2D eigenvalue weighted by molar-refractivity contribution is -0.147. The lowest BCUT2D eigenvalue weighted by atomic mass is 9.59. The molecule has 0 aliphatic heterocycles. The van der Waals surface area contributed by atoms with Crippen LogP contribution in [0.15, 0.2) is 53.3 Å². The maximum atomic E-state index is 13.6. The number of phenols is 2. The standard InChI is InChI=1S/C29H27NO9/c1-39-20-7-3-6-14(24(20)33)5-2-4-13-8-9-18(31)22-17(13)11-15-10-16-12-19(32)23(28(30)37)27(36)29(16,38)26(35)21(15)25(22)34/h2-4,6-9,15-16,31,33-34,36,38H,5,10-12H2,1H3,(H2,30,37)/b4-2-/t15-,16+,29+/m1/s1. The Kier molecular flexibility index (Phi) is 6.22. The second-order valence-electron chi connectivity index (χ2n) is 10.0. The molecule has 3 aliphatic carbocycles. The molecule has 0 aromatic heterocycles. The third-order valence-corrected chi connectivity index (χ3v) is 7.92. The molecule has 10 heteroatoms. The van der Waals surface area contributed by atoms with Crippen LogP contribution >= 0.6 is 0 Å². The van der Waals surface area contributed by atoms with Gasteiger partial charge in [0.05, 0.1) is 12.7 Å². The van der Waals surface area contributed by atoms with E-state index in [1.54, 1.807) is 36.4 Å². The number of rotatable bonds is 5. The van der Waals surface area contributed by atoms with Crippen molar-refractivity contribution < 1.29 is 44.7 Å². The number of amides is 1. The Hall–Kier alpha value is -4.57. The first kappa shape index (κ1) is 26.1. The van der Waals surface area contributed by atoms with Crippen LogP contribution in [0.25, 0.3) is 11.8 Å². The molecule has 0 bridgehead atoms. The molecular formula is C29H27NO9. The Balaban J connectivity index is 1.55. The average molecular weight is 534 g/mol. The largest absolute Gasteiger partial charge is 0.508 e. The van der Waals surface area contributed by atoms with Crippen LogP contribution in [0, 0.1) is 11.8 Å². The normalized spacial score (nSPS) is 24.5. The molecule has 1 saturated carbocycles. The Bertz CT molecular complexity index is 1530. The van der Waals surface area contributed by atoms with Crippen LogP contribution in [0.2, 0.25) is 0 Å². The number of carbonyl (C=O) groups is 3. The fraction of sp³-hybridized carbons (Fsp3) is 0.276. The van der Waals surface area contributed by atoms with Gasteiger partial charge in [0, 0.05) is 23.5 Å². The number of aliphatic hydroxyl groups is 3. The second kappa shape index (κ2) is 9.32. The van der Waals surface area contributed by atoms with Crippen molar-refractivity contribution in [2.24, 2.45) is 17.6 Å². The first-order valence-corrected chi connectivity index (χ1v) is 12.3. The van der Waals surface area contributed by atoms with Crippen molar-refractivity contribution in [3.63, 3.8) is 0 Å². The van der Waals surface area contributed by atoms with E-state index in [1.807, 2.05) is 0 Å². The molecular weight excluding hydrogens is 506 g/mol. The minimum absolute atomic E-state index is 0.0218. The van der Waals surface area contributed by atoms with E-state index in [1.165, 1.54) is 13.2 Å². The number of aliphatic hydroxyl groups excluding tert-OH is 2. The number of hydrogen-bond donors (Lipinski definition) is 6. The lowest BCUT2D eigenvalue weighted by Gasteiger charge is -2.46. The third kappa shape index (κ3) is 3.87. The molecule has 3 atom stereocenters. The number of ketones is 2. The van der Waals surface area contributed by atoms with Gasteiger partial charge >= 0.3 is 0 Å². The summed E-state index contributed by atoms with van der Waals surface area (Å²) in [6.07, 6.45) is 3.81. The molecule has 0 unspecified atom stereocenters. The number of primary amides is 1. The highest BCUT2D eigenvalue weighted by molar-refractivity contribution is 6.22. The van der Waals surface area contributed by atoms with Crippen LogP contribution in [-0.4, -0.2) is 55.7 Å². The van der Waals surface area contributed by atoms with Gasteiger partial charge in [-0.1, -0.05) is 30.4 Å². The third-order valence-electron chi connectivity index (χ3n) is 7.92. The highest BCUT2D eigenvalue weighted by atomic mass is 16.5. The fourth-order valence-corrected chi connectivity index (χ4v) is 6.01. The number of ether oxygens (including phenoxy) is 1. The Morgan fingerprint density at radius 3 is 2.56 bits per heavy atom. The molecule has 3 aliphatic rings. The van der Waals surface area contributed by atoms with Crippen LogP contribution in [0.4, 0.5) is 0 Å². The molecule has 1 amide bonds. The predicted molar refractivity (Wildman–Crippen MR) is 139 cm³/mol. The minimum Gasteiger partial charge on any atom is -0.508 e. The Labute approximate surface area is 223 Å². The summed E-state index contributed by atoms with van der Waals surface area (Å²) in [5.41, 5.74) is 3.47. The van der Waals surface area contributed by atoms with Crippen LogP contribution < -0.4 is 10.5 Å². The number of methoxy groups -OCH3 is 1. The number of aromatic hydroxyl groups is 2. The molecule has 10 nitrogen and oxygen atoms in total. The topological polar surface area (TPSA) is 188 Å². The molecule has 2 aromatic rings. The number of para-hydroxylation sites is 1. The predicted octanol–water partition coefficient (Wildman–Crippen LogP) is 2.39. The molecule has 202 valence electrons. The summed E-state index contributed by atoms with van der Waals surface area (Å²) < 4.78 is 5.14. The first-order chi connectivity index (χ1) is 18.5. The molecule has 39 heavy (non-hydrogen) atoms. The number of carbonyl (C=O) groups excluding carboxylic acids is 3. The average Bonchev–Trinajstić information content (AvgIpc) is 2.88. The molecule has 2 aromatic carbocycles. The van der Waals surface area contributed by atoms with E-state index in [4.69, 9.17) is 10.5 Å². The van der Waals surface area contributed by atoms with Gasteiger partial charge in [-0.05, 0) is 48.4 Å². The number of phenolic OH excluding ortho intramolecular Hbond substituents is 2. The van der Waals surface area contributed by atoms with Crippen LogP contribution in [-0.2, 0) is 27.2 Å². The van der Waals surface area contributed by atoms with Gasteiger partial charge in [-0.3, -0.25) is 14.4 Å². The molecule has 5 rings (SSSR count). The number of nitrogens with two attached hydrogens (primary N) is 1. The number of Topliss-reactive ketones (excluding diaryl/α,β-unsaturated/α-hetero) is 2. The van der Waals surface area contributed by atoms with Crippen LogP contribution in [0.1, 0.15) is 35.1 Å². The number of hydrogen-bond acceptors (Lipinski definition) is 9. The number of fused-ring (bicyclic) bond motifs is 3. The summed E-state index contributed by atoms with van der Waals surface area (Å²) in [5, 5.41) is 54.1. The summed E-state index contributed by atoms with van der Waals surface area (Å²) in [6.45, 7) is 0. The maximum absolute atomic E-state index is 13.6. The zero-order valence-corrected chi connectivity index (χ0v) is 21.0. The lowest BCUT2D eigenvalue weighted by Crippen LogP contribution is -2.58. The van der Waals surface area contributed by atoms with E-state index in [0.29, 0.717) is 28.9 Å².